The molecule has 0 saturated carbocycles. The van der Waals surface area contributed by atoms with E-state index >= 15 is 0 Å². The van der Waals surface area contributed by atoms with E-state index in [9.17, 15) is 4.79 Å². The van der Waals surface area contributed by atoms with Crippen molar-refractivity contribution in [2.24, 2.45) is 0 Å². The van der Waals surface area contributed by atoms with E-state index in [0.29, 0.717) is 11.4 Å². The van der Waals surface area contributed by atoms with Gasteiger partial charge in [-0.05, 0) is 19.2 Å². The number of nitrogens with two attached hydrogens (primary N) is 1. The fourth-order valence-corrected chi connectivity index (χ4v) is 1.44. The first-order chi connectivity index (χ1) is 5.70. The molecule has 12 heavy (non-hydrogen) atoms. The normalized spacial score (nSPS) is 10.2. The van der Waals surface area contributed by atoms with Crippen LogP contribution in [0.1, 0.15) is 17.3 Å². The minimum Gasteiger partial charge on any atom is -0.384 e. The number of rotatable bonds is 2. The van der Waals surface area contributed by atoms with Gasteiger partial charge in [0.25, 0.3) is 0 Å². The molecule has 0 aliphatic heterocycles. The highest BCUT2D eigenvalue weighted by atomic mass is 32.2. The molecule has 0 aliphatic rings. The van der Waals surface area contributed by atoms with E-state index in [2.05, 4.69) is 0 Å². The van der Waals surface area contributed by atoms with Gasteiger partial charge in [0.1, 0.15) is 5.82 Å². The molecule has 1 rings (SSSR count). The van der Waals surface area contributed by atoms with Gasteiger partial charge in [-0.25, -0.2) is 0 Å². The summed E-state index contributed by atoms with van der Waals surface area (Å²) in [6, 6.07) is 1.76. The standard InChI is InChI=1S/C8H12N2OS/c1-3-10-5-4-6(7(10)9)8(11)12-2/h4-5H,3,9H2,1-2H3. The molecule has 0 amide bonds. The Morgan fingerprint density at radius 3 is 2.83 bits per heavy atom. The van der Waals surface area contributed by atoms with E-state index in [1.54, 1.807) is 12.3 Å². The fraction of sp³-hybridized carbons (Fsp3) is 0.375. The second kappa shape index (κ2) is 3.67. The Labute approximate surface area is 75.9 Å². The highest BCUT2D eigenvalue weighted by molar-refractivity contribution is 8.13. The SMILES string of the molecule is CCn1ccc(C(=O)SC)c1N. The molecular formula is C8H12N2OS. The number of nitrogen functional groups attached to an aromatic ring is 1. The zero-order valence-electron chi connectivity index (χ0n) is 7.20. The summed E-state index contributed by atoms with van der Waals surface area (Å²) in [5.74, 6) is 0.567. The maximum absolute atomic E-state index is 11.2. The van der Waals surface area contributed by atoms with Gasteiger partial charge >= 0.3 is 0 Å². The van der Waals surface area contributed by atoms with Crippen LogP contribution in [-0.2, 0) is 6.54 Å². The topological polar surface area (TPSA) is 48.0 Å². The second-order valence-electron chi connectivity index (χ2n) is 2.39. The van der Waals surface area contributed by atoms with Crippen molar-refractivity contribution in [3.8, 4) is 0 Å². The molecule has 1 heterocycles. The molecule has 0 unspecified atom stereocenters. The van der Waals surface area contributed by atoms with E-state index in [-0.39, 0.29) is 5.12 Å². The van der Waals surface area contributed by atoms with E-state index in [0.717, 1.165) is 6.54 Å². The highest BCUT2D eigenvalue weighted by Gasteiger charge is 2.11. The van der Waals surface area contributed by atoms with Crippen LogP contribution < -0.4 is 5.73 Å². The van der Waals surface area contributed by atoms with Crippen LogP contribution in [0.25, 0.3) is 0 Å². The number of hydrogen-bond donors (Lipinski definition) is 1. The quantitative estimate of drug-likeness (QED) is 0.759. The van der Waals surface area contributed by atoms with Crippen LogP contribution >= 0.6 is 11.8 Å². The molecule has 4 heteroatoms. The number of thioether (sulfide) groups is 1. The number of hydrogen-bond acceptors (Lipinski definition) is 3. The van der Waals surface area contributed by atoms with E-state index in [4.69, 9.17) is 5.73 Å². The minimum atomic E-state index is 0.0275. The van der Waals surface area contributed by atoms with E-state index < -0.39 is 0 Å². The van der Waals surface area contributed by atoms with Gasteiger partial charge in [0.15, 0.2) is 0 Å². The highest BCUT2D eigenvalue weighted by Crippen LogP contribution is 2.18. The third-order valence-electron chi connectivity index (χ3n) is 1.75. The van der Waals surface area contributed by atoms with E-state index in [1.165, 1.54) is 11.8 Å². The van der Waals surface area contributed by atoms with Crippen LogP contribution in [0.2, 0.25) is 0 Å². The first kappa shape index (κ1) is 9.19. The first-order valence-corrected chi connectivity index (χ1v) is 4.96. The summed E-state index contributed by atoms with van der Waals surface area (Å²) in [6.45, 7) is 2.79. The summed E-state index contributed by atoms with van der Waals surface area (Å²) in [6.07, 6.45) is 3.59. The summed E-state index contributed by atoms with van der Waals surface area (Å²) in [7, 11) is 0. The molecule has 0 fully saturated rings. The van der Waals surface area contributed by atoms with Gasteiger partial charge in [0.2, 0.25) is 5.12 Å². The molecular weight excluding hydrogens is 172 g/mol. The van der Waals surface area contributed by atoms with Crippen molar-refractivity contribution in [2.45, 2.75) is 13.5 Å². The largest absolute Gasteiger partial charge is 0.384 e. The maximum atomic E-state index is 11.2. The van der Waals surface area contributed by atoms with Crippen molar-refractivity contribution in [2.75, 3.05) is 12.0 Å². The molecule has 0 atom stereocenters. The van der Waals surface area contributed by atoms with Gasteiger partial charge in [-0.2, -0.15) is 0 Å². The van der Waals surface area contributed by atoms with Crippen LogP contribution in [0, 0.1) is 0 Å². The van der Waals surface area contributed by atoms with Crippen LogP contribution in [0.3, 0.4) is 0 Å². The molecule has 66 valence electrons. The third-order valence-corrected chi connectivity index (χ3v) is 2.34. The monoisotopic (exact) mass is 184 g/mol. The summed E-state index contributed by atoms with van der Waals surface area (Å²) in [5, 5.41) is 0.0275. The minimum absolute atomic E-state index is 0.0275. The molecule has 0 saturated heterocycles. The summed E-state index contributed by atoms with van der Waals surface area (Å²) >= 11 is 1.18. The fourth-order valence-electron chi connectivity index (χ4n) is 1.04. The zero-order chi connectivity index (χ0) is 9.14. The molecule has 1 aromatic rings. The lowest BCUT2D eigenvalue weighted by molar-refractivity contribution is 0.109. The first-order valence-electron chi connectivity index (χ1n) is 3.73. The lowest BCUT2D eigenvalue weighted by Gasteiger charge is -2.01. The third kappa shape index (κ3) is 1.48. The molecule has 2 N–H and O–H groups in total. The summed E-state index contributed by atoms with van der Waals surface area (Å²) in [4.78, 5) is 11.2. The van der Waals surface area contributed by atoms with Crippen molar-refractivity contribution in [1.29, 1.82) is 0 Å². The number of aryl methyl sites for hydroxylation is 1. The Bertz CT molecular complexity index is 293. The lowest BCUT2D eigenvalue weighted by Crippen LogP contribution is -2.03. The van der Waals surface area contributed by atoms with Gasteiger partial charge in [0.05, 0.1) is 5.56 Å². The molecule has 0 spiro atoms. The smallest absolute Gasteiger partial charge is 0.222 e. The molecule has 0 radical (unpaired) electrons. The van der Waals surface area contributed by atoms with Crippen molar-refractivity contribution in [1.82, 2.24) is 4.57 Å². The maximum Gasteiger partial charge on any atom is 0.222 e. The van der Waals surface area contributed by atoms with Crippen molar-refractivity contribution >= 4 is 22.7 Å². The van der Waals surface area contributed by atoms with Crippen LogP contribution in [0.15, 0.2) is 12.3 Å². The zero-order valence-corrected chi connectivity index (χ0v) is 8.02. The molecule has 3 nitrogen and oxygen atoms in total. The summed E-state index contributed by atoms with van der Waals surface area (Å²) in [5.41, 5.74) is 6.33. The number of anilines is 1. The van der Waals surface area contributed by atoms with Crippen molar-refractivity contribution < 1.29 is 4.79 Å². The number of nitrogens with zero attached hydrogens (tertiary/aromatic N) is 1. The number of carbonyl (C=O) groups excluding carboxylic acids is 1. The Morgan fingerprint density at radius 1 is 1.75 bits per heavy atom. The van der Waals surface area contributed by atoms with Gasteiger partial charge < -0.3 is 10.3 Å². The van der Waals surface area contributed by atoms with E-state index in [1.807, 2.05) is 17.7 Å². The molecule has 0 bridgehead atoms. The van der Waals surface area contributed by atoms with Crippen LogP contribution in [-0.4, -0.2) is 15.9 Å². The van der Waals surface area contributed by atoms with Gasteiger partial charge in [0, 0.05) is 12.7 Å². The number of carbonyl (C=O) groups is 1. The average Bonchev–Trinajstić information content (AvgIpc) is 2.45. The van der Waals surface area contributed by atoms with Gasteiger partial charge in [-0.3, -0.25) is 4.79 Å². The molecule has 1 aromatic heterocycles. The predicted octanol–water partition coefficient (Wildman–Crippen LogP) is 1.59. The van der Waals surface area contributed by atoms with Crippen molar-refractivity contribution in [3.63, 3.8) is 0 Å². The van der Waals surface area contributed by atoms with Gasteiger partial charge in [-0.15, -0.1) is 0 Å². The Balaban J connectivity index is 3.02. The predicted molar refractivity (Wildman–Crippen MR) is 52.4 cm³/mol. The molecule has 0 aromatic carbocycles. The summed E-state index contributed by atoms with van der Waals surface area (Å²) < 4.78 is 1.85. The molecule has 0 aliphatic carbocycles. The second-order valence-corrected chi connectivity index (χ2v) is 3.17. The Kier molecular flexibility index (Phi) is 2.81. The van der Waals surface area contributed by atoms with Crippen LogP contribution in [0.5, 0.6) is 0 Å². The Morgan fingerprint density at radius 2 is 2.42 bits per heavy atom. The van der Waals surface area contributed by atoms with Gasteiger partial charge in [-0.1, -0.05) is 11.8 Å². The van der Waals surface area contributed by atoms with Crippen LogP contribution in [0.4, 0.5) is 5.82 Å². The Hall–Kier alpha value is -0.900. The average molecular weight is 184 g/mol. The lowest BCUT2D eigenvalue weighted by atomic mass is 10.3. The number of aromatic nitrogens is 1. The van der Waals surface area contributed by atoms with Crippen molar-refractivity contribution in [3.05, 3.63) is 17.8 Å².